The van der Waals surface area contributed by atoms with Gasteiger partial charge in [-0.3, -0.25) is 4.79 Å². The molecule has 2 rings (SSSR count). The quantitative estimate of drug-likeness (QED) is 0.810. The molecule has 1 N–H and O–H groups in total. The van der Waals surface area contributed by atoms with Crippen molar-refractivity contribution in [3.05, 3.63) is 30.0 Å². The molecule has 0 aliphatic rings. The van der Waals surface area contributed by atoms with Gasteiger partial charge >= 0.3 is 0 Å². The molecule has 0 unspecified atom stereocenters. The molecule has 1 aromatic carbocycles. The van der Waals surface area contributed by atoms with Gasteiger partial charge in [0, 0.05) is 23.7 Å². The number of aromatic amines is 1. The minimum absolute atomic E-state index is 0.0140. The summed E-state index contributed by atoms with van der Waals surface area (Å²) in [7, 11) is 0. The molecule has 0 radical (unpaired) electrons. The van der Waals surface area contributed by atoms with Crippen molar-refractivity contribution < 1.29 is 9.53 Å². The lowest BCUT2D eigenvalue weighted by Gasteiger charge is -2.16. The molecule has 0 bridgehead atoms. The van der Waals surface area contributed by atoms with Crippen LogP contribution in [0, 0.1) is 5.41 Å². The van der Waals surface area contributed by atoms with Crippen molar-refractivity contribution in [3.8, 4) is 5.75 Å². The molecule has 0 fully saturated rings. The molecule has 3 heteroatoms. The number of carbonyl (C=O) groups excluding carboxylic acids is 1. The van der Waals surface area contributed by atoms with Gasteiger partial charge in [-0.25, -0.2) is 0 Å². The summed E-state index contributed by atoms with van der Waals surface area (Å²) in [6.45, 7) is 8.97. The third-order valence-electron chi connectivity index (χ3n) is 3.12. The molecule has 0 spiro atoms. The van der Waals surface area contributed by atoms with E-state index in [0.717, 1.165) is 28.6 Å². The fourth-order valence-corrected chi connectivity index (χ4v) is 2.28. The lowest BCUT2D eigenvalue weighted by atomic mass is 9.88. The molecule has 0 saturated heterocycles. The predicted molar refractivity (Wildman–Crippen MR) is 82.5 cm³/mol. The Labute approximate surface area is 120 Å². The summed E-state index contributed by atoms with van der Waals surface area (Å²) in [6.07, 6.45) is 3.28. The van der Waals surface area contributed by atoms with Gasteiger partial charge in [-0.05, 0) is 24.0 Å². The monoisotopic (exact) mass is 273 g/mol. The lowest BCUT2D eigenvalue weighted by molar-refractivity contribution is 0.0941. The molecular formula is C17H23NO2. The van der Waals surface area contributed by atoms with Crippen LogP contribution in [-0.2, 0) is 0 Å². The molecule has 0 atom stereocenters. The standard InChI is InChI=1S/C17H23NO2/c1-5-9-20-15-8-6-7-13-16(15)12(11-18-13)14(19)10-17(2,3)4/h6-8,11,18H,5,9-10H2,1-4H3. The number of fused-ring (bicyclic) bond motifs is 1. The summed E-state index contributed by atoms with van der Waals surface area (Å²) in [5, 5.41) is 0.912. The largest absolute Gasteiger partial charge is 0.493 e. The second-order valence-electron chi connectivity index (χ2n) is 6.39. The molecule has 108 valence electrons. The zero-order valence-electron chi connectivity index (χ0n) is 12.7. The summed E-state index contributed by atoms with van der Waals surface area (Å²) in [5.41, 5.74) is 1.68. The van der Waals surface area contributed by atoms with E-state index < -0.39 is 0 Å². The first-order chi connectivity index (χ1) is 9.42. The molecule has 3 nitrogen and oxygen atoms in total. The first kappa shape index (κ1) is 14.6. The van der Waals surface area contributed by atoms with Gasteiger partial charge in [-0.1, -0.05) is 33.8 Å². The number of ketones is 1. The van der Waals surface area contributed by atoms with Crippen LogP contribution in [0.4, 0.5) is 0 Å². The Morgan fingerprint density at radius 3 is 2.70 bits per heavy atom. The van der Waals surface area contributed by atoms with E-state index in [-0.39, 0.29) is 11.2 Å². The molecular weight excluding hydrogens is 250 g/mol. The fourth-order valence-electron chi connectivity index (χ4n) is 2.28. The van der Waals surface area contributed by atoms with Gasteiger partial charge in [0.2, 0.25) is 0 Å². The van der Waals surface area contributed by atoms with Crippen LogP contribution in [0.3, 0.4) is 0 Å². The Morgan fingerprint density at radius 1 is 1.30 bits per heavy atom. The molecule has 0 amide bonds. The van der Waals surface area contributed by atoms with Crippen molar-refractivity contribution in [1.82, 2.24) is 4.98 Å². The van der Waals surface area contributed by atoms with E-state index in [1.54, 1.807) is 6.20 Å². The van der Waals surface area contributed by atoms with Crippen LogP contribution in [0.1, 0.15) is 50.9 Å². The van der Waals surface area contributed by atoms with Gasteiger partial charge in [0.05, 0.1) is 12.0 Å². The zero-order valence-corrected chi connectivity index (χ0v) is 12.7. The lowest BCUT2D eigenvalue weighted by Crippen LogP contribution is -2.13. The SMILES string of the molecule is CCCOc1cccc2[nH]cc(C(=O)CC(C)(C)C)c12. The number of aromatic nitrogens is 1. The Kier molecular flexibility index (Phi) is 4.17. The molecule has 0 aliphatic carbocycles. The highest BCUT2D eigenvalue weighted by Gasteiger charge is 2.21. The van der Waals surface area contributed by atoms with E-state index in [1.165, 1.54) is 0 Å². The molecule has 0 aliphatic heterocycles. The third kappa shape index (κ3) is 3.21. The van der Waals surface area contributed by atoms with Crippen molar-refractivity contribution in [1.29, 1.82) is 0 Å². The van der Waals surface area contributed by atoms with Crippen molar-refractivity contribution in [2.45, 2.75) is 40.5 Å². The minimum Gasteiger partial charge on any atom is -0.493 e. The number of Topliss-reactive ketones (excluding diaryl/α,β-unsaturated/α-hetero) is 1. The number of hydrogen-bond donors (Lipinski definition) is 1. The summed E-state index contributed by atoms with van der Waals surface area (Å²) >= 11 is 0. The summed E-state index contributed by atoms with van der Waals surface area (Å²) in [4.78, 5) is 15.7. The summed E-state index contributed by atoms with van der Waals surface area (Å²) < 4.78 is 5.78. The molecule has 20 heavy (non-hydrogen) atoms. The number of H-pyrrole nitrogens is 1. The Morgan fingerprint density at radius 2 is 2.05 bits per heavy atom. The Balaban J connectivity index is 2.41. The third-order valence-corrected chi connectivity index (χ3v) is 3.12. The molecule has 0 saturated carbocycles. The second kappa shape index (κ2) is 5.70. The number of nitrogens with one attached hydrogen (secondary N) is 1. The zero-order chi connectivity index (χ0) is 14.8. The second-order valence-corrected chi connectivity index (χ2v) is 6.39. The van der Waals surface area contributed by atoms with Gasteiger partial charge in [0.1, 0.15) is 5.75 Å². The van der Waals surface area contributed by atoms with Gasteiger partial charge < -0.3 is 9.72 Å². The molecule has 2 aromatic rings. The normalized spacial score (nSPS) is 11.8. The number of rotatable bonds is 5. The van der Waals surface area contributed by atoms with E-state index in [0.29, 0.717) is 13.0 Å². The minimum atomic E-state index is -0.0140. The maximum Gasteiger partial charge on any atom is 0.165 e. The number of carbonyl (C=O) groups is 1. The van der Waals surface area contributed by atoms with Gasteiger partial charge in [-0.15, -0.1) is 0 Å². The number of benzene rings is 1. The van der Waals surface area contributed by atoms with Gasteiger partial charge in [0.25, 0.3) is 0 Å². The van der Waals surface area contributed by atoms with Crippen LogP contribution >= 0.6 is 0 Å². The van der Waals surface area contributed by atoms with Crippen LogP contribution in [0.5, 0.6) is 5.75 Å². The maximum atomic E-state index is 12.5. The van der Waals surface area contributed by atoms with E-state index in [4.69, 9.17) is 4.74 Å². The fraction of sp³-hybridized carbons (Fsp3) is 0.471. The van der Waals surface area contributed by atoms with Gasteiger partial charge in [-0.2, -0.15) is 0 Å². The maximum absolute atomic E-state index is 12.5. The summed E-state index contributed by atoms with van der Waals surface area (Å²) in [6, 6.07) is 5.85. The highest BCUT2D eigenvalue weighted by Crippen LogP contribution is 2.31. The van der Waals surface area contributed by atoms with E-state index in [1.807, 2.05) is 18.2 Å². The van der Waals surface area contributed by atoms with Crippen molar-refractivity contribution >= 4 is 16.7 Å². The van der Waals surface area contributed by atoms with Crippen LogP contribution in [-0.4, -0.2) is 17.4 Å². The van der Waals surface area contributed by atoms with Crippen LogP contribution in [0.2, 0.25) is 0 Å². The summed E-state index contributed by atoms with van der Waals surface area (Å²) in [5.74, 6) is 0.958. The predicted octanol–water partition coefficient (Wildman–Crippen LogP) is 4.58. The van der Waals surface area contributed by atoms with Crippen molar-refractivity contribution in [2.75, 3.05) is 6.61 Å². The van der Waals surface area contributed by atoms with Gasteiger partial charge in [0.15, 0.2) is 5.78 Å². The topological polar surface area (TPSA) is 42.1 Å². The molecule has 1 aromatic heterocycles. The highest BCUT2D eigenvalue weighted by molar-refractivity contribution is 6.10. The molecule has 1 heterocycles. The van der Waals surface area contributed by atoms with Crippen LogP contribution < -0.4 is 4.74 Å². The highest BCUT2D eigenvalue weighted by atomic mass is 16.5. The van der Waals surface area contributed by atoms with E-state index in [9.17, 15) is 4.79 Å². The Hall–Kier alpha value is -1.77. The Bertz CT molecular complexity index is 605. The van der Waals surface area contributed by atoms with E-state index >= 15 is 0 Å². The average Bonchev–Trinajstić information content (AvgIpc) is 2.78. The average molecular weight is 273 g/mol. The van der Waals surface area contributed by atoms with E-state index in [2.05, 4.69) is 32.7 Å². The number of ether oxygens (including phenoxy) is 1. The smallest absolute Gasteiger partial charge is 0.165 e. The first-order valence-electron chi connectivity index (χ1n) is 7.18. The van der Waals surface area contributed by atoms with Crippen LogP contribution in [0.25, 0.3) is 10.9 Å². The first-order valence-corrected chi connectivity index (χ1v) is 7.18. The number of hydrogen-bond acceptors (Lipinski definition) is 2. The van der Waals surface area contributed by atoms with Crippen molar-refractivity contribution in [2.24, 2.45) is 5.41 Å². The van der Waals surface area contributed by atoms with Crippen LogP contribution in [0.15, 0.2) is 24.4 Å². The van der Waals surface area contributed by atoms with Crippen molar-refractivity contribution in [3.63, 3.8) is 0 Å².